The summed E-state index contributed by atoms with van der Waals surface area (Å²) in [6, 6.07) is 86.4. The molecular weight excluding hydrogens is 747 g/mol. The lowest BCUT2D eigenvalue weighted by Gasteiger charge is -2.27. The van der Waals surface area contributed by atoms with Crippen molar-refractivity contribution in [3.63, 3.8) is 0 Å². The molecule has 0 saturated carbocycles. The van der Waals surface area contributed by atoms with Crippen molar-refractivity contribution >= 4 is 27.8 Å². The smallest absolute Gasteiger partial charge is 0.0467 e. The van der Waals surface area contributed by atoms with Gasteiger partial charge in [-0.25, -0.2) is 0 Å². The molecule has 0 atom stereocenters. The van der Waals surface area contributed by atoms with Crippen LogP contribution in [0.1, 0.15) is 25.0 Å². The first-order chi connectivity index (χ1) is 30.5. The molecule has 10 aromatic rings. The molecule has 0 bridgehead atoms. The summed E-state index contributed by atoms with van der Waals surface area (Å²) in [5.41, 5.74) is 20.9. The fourth-order valence-corrected chi connectivity index (χ4v) is 9.69. The third-order valence-electron chi connectivity index (χ3n) is 12.9. The highest BCUT2D eigenvalue weighted by Crippen LogP contribution is 2.52. The maximum atomic E-state index is 2.38. The molecule has 11 rings (SSSR count). The molecule has 10 aromatic carbocycles. The molecule has 1 nitrogen and oxygen atoms in total. The Balaban J connectivity index is 0.914. The summed E-state index contributed by atoms with van der Waals surface area (Å²) in [5.74, 6) is 0. The molecule has 0 N–H and O–H groups in total. The van der Waals surface area contributed by atoms with Crippen LogP contribution in [0.4, 0.5) is 17.1 Å². The fourth-order valence-electron chi connectivity index (χ4n) is 9.69. The zero-order valence-corrected chi connectivity index (χ0v) is 35.0. The third-order valence-corrected chi connectivity index (χ3v) is 12.9. The SMILES string of the molecule is CC1(C)c2ccccc2-c2cccc(-c3ccc(N(c4ccc(-c5ccc(-c6cccc(-c7ccc8ccccc8c7)c6)cc5)cc4)c4cccc(-c5ccccc5)c4)cc3)c21. The second-order valence-electron chi connectivity index (χ2n) is 17.0. The van der Waals surface area contributed by atoms with Crippen LogP contribution < -0.4 is 4.90 Å². The standard InChI is InChI=1S/C61H45N/c1-61(2)59-24-9-8-21-57(59)58-23-12-22-56(60(58)61)47-33-37-54(38-34-47)62(55-20-11-19-51(41-55)42-13-4-3-5-14-42)53-35-31-45(32-36-53)44-25-27-46(28-26-44)49-17-10-18-50(39-49)52-30-29-43-15-6-7-16-48(43)40-52/h3-41H,1-2H3. The largest absolute Gasteiger partial charge is 0.310 e. The van der Waals surface area contributed by atoms with Crippen LogP contribution in [0, 0.1) is 0 Å². The molecule has 0 amide bonds. The van der Waals surface area contributed by atoms with E-state index in [1.807, 2.05) is 0 Å². The predicted molar refractivity (Wildman–Crippen MR) is 263 cm³/mol. The Hall–Kier alpha value is -7.74. The van der Waals surface area contributed by atoms with Crippen molar-refractivity contribution in [2.75, 3.05) is 4.90 Å². The van der Waals surface area contributed by atoms with Crippen LogP contribution in [0.5, 0.6) is 0 Å². The molecular formula is C61H45N. The van der Waals surface area contributed by atoms with Gasteiger partial charge < -0.3 is 4.90 Å². The van der Waals surface area contributed by atoms with Crippen molar-refractivity contribution < 1.29 is 0 Å². The average Bonchev–Trinajstić information content (AvgIpc) is 3.58. The number of fused-ring (bicyclic) bond motifs is 4. The molecule has 0 aromatic heterocycles. The van der Waals surface area contributed by atoms with Crippen molar-refractivity contribution in [1.82, 2.24) is 0 Å². The van der Waals surface area contributed by atoms with Crippen LogP contribution >= 0.6 is 0 Å². The van der Waals surface area contributed by atoms with Gasteiger partial charge in [-0.15, -0.1) is 0 Å². The van der Waals surface area contributed by atoms with Crippen molar-refractivity contribution in [1.29, 1.82) is 0 Å². The Morgan fingerprint density at radius 3 is 1.45 bits per heavy atom. The van der Waals surface area contributed by atoms with Gasteiger partial charge in [0.25, 0.3) is 0 Å². The van der Waals surface area contributed by atoms with Crippen LogP contribution in [-0.4, -0.2) is 0 Å². The summed E-state index contributed by atoms with van der Waals surface area (Å²) in [7, 11) is 0. The lowest BCUT2D eigenvalue weighted by atomic mass is 9.79. The van der Waals surface area contributed by atoms with Gasteiger partial charge in [-0.2, -0.15) is 0 Å². The second kappa shape index (κ2) is 15.4. The molecule has 0 saturated heterocycles. The first kappa shape index (κ1) is 37.3. The molecule has 0 spiro atoms. The molecule has 0 fully saturated rings. The van der Waals surface area contributed by atoms with E-state index in [2.05, 4.69) is 255 Å². The minimum Gasteiger partial charge on any atom is -0.310 e. The summed E-state index contributed by atoms with van der Waals surface area (Å²) in [6.07, 6.45) is 0. The van der Waals surface area contributed by atoms with E-state index in [1.165, 1.54) is 88.7 Å². The average molecular weight is 792 g/mol. The molecule has 62 heavy (non-hydrogen) atoms. The normalized spacial score (nSPS) is 12.5. The number of anilines is 3. The van der Waals surface area contributed by atoms with Crippen molar-refractivity contribution in [3.8, 4) is 66.8 Å². The van der Waals surface area contributed by atoms with Gasteiger partial charge in [0.05, 0.1) is 0 Å². The van der Waals surface area contributed by atoms with Crippen LogP contribution in [0.2, 0.25) is 0 Å². The Morgan fingerprint density at radius 1 is 0.274 bits per heavy atom. The maximum absolute atomic E-state index is 2.38. The van der Waals surface area contributed by atoms with Gasteiger partial charge in [0.2, 0.25) is 0 Å². The van der Waals surface area contributed by atoms with Crippen LogP contribution in [0.3, 0.4) is 0 Å². The number of benzene rings is 10. The molecule has 1 aliphatic carbocycles. The molecule has 0 aliphatic heterocycles. The predicted octanol–water partition coefficient (Wildman–Crippen LogP) is 17.0. The monoisotopic (exact) mass is 791 g/mol. The number of rotatable bonds is 8. The molecule has 1 aliphatic rings. The first-order valence-electron chi connectivity index (χ1n) is 21.6. The van der Waals surface area contributed by atoms with Gasteiger partial charge in [-0.1, -0.05) is 202 Å². The zero-order valence-electron chi connectivity index (χ0n) is 35.0. The van der Waals surface area contributed by atoms with E-state index in [-0.39, 0.29) is 5.41 Å². The molecule has 0 radical (unpaired) electrons. The van der Waals surface area contributed by atoms with Crippen LogP contribution in [-0.2, 0) is 5.41 Å². The van der Waals surface area contributed by atoms with Crippen molar-refractivity contribution in [3.05, 3.63) is 248 Å². The Bertz CT molecular complexity index is 3230. The Kier molecular flexibility index (Phi) is 9.24. The molecule has 294 valence electrons. The van der Waals surface area contributed by atoms with Crippen molar-refractivity contribution in [2.24, 2.45) is 0 Å². The molecule has 0 unspecified atom stereocenters. The second-order valence-corrected chi connectivity index (χ2v) is 17.0. The van der Waals surface area contributed by atoms with E-state index in [9.17, 15) is 0 Å². The third kappa shape index (κ3) is 6.69. The summed E-state index contributed by atoms with van der Waals surface area (Å²) in [4.78, 5) is 2.38. The first-order valence-corrected chi connectivity index (χ1v) is 21.6. The van der Waals surface area contributed by atoms with Gasteiger partial charge >= 0.3 is 0 Å². The number of nitrogens with zero attached hydrogens (tertiary/aromatic N) is 1. The summed E-state index contributed by atoms with van der Waals surface area (Å²) in [5, 5.41) is 2.52. The minimum absolute atomic E-state index is 0.0866. The van der Waals surface area contributed by atoms with Gasteiger partial charge in [0.15, 0.2) is 0 Å². The summed E-state index contributed by atoms with van der Waals surface area (Å²) < 4.78 is 0. The Morgan fingerprint density at radius 2 is 0.726 bits per heavy atom. The highest BCUT2D eigenvalue weighted by molar-refractivity contribution is 5.90. The summed E-state index contributed by atoms with van der Waals surface area (Å²) >= 11 is 0. The van der Waals surface area contributed by atoms with Gasteiger partial charge in [0, 0.05) is 22.5 Å². The molecule has 0 heterocycles. The van der Waals surface area contributed by atoms with Crippen LogP contribution in [0.15, 0.2) is 237 Å². The van der Waals surface area contributed by atoms with Crippen LogP contribution in [0.25, 0.3) is 77.5 Å². The summed E-state index contributed by atoms with van der Waals surface area (Å²) in [6.45, 7) is 4.72. The number of hydrogen-bond acceptors (Lipinski definition) is 1. The molecule has 1 heteroatoms. The zero-order chi connectivity index (χ0) is 41.6. The van der Waals surface area contributed by atoms with Gasteiger partial charge in [0.1, 0.15) is 0 Å². The van der Waals surface area contributed by atoms with E-state index < -0.39 is 0 Å². The fraction of sp³-hybridized carbons (Fsp3) is 0.0492. The topological polar surface area (TPSA) is 3.24 Å². The Labute approximate surface area is 364 Å². The van der Waals surface area contributed by atoms with E-state index in [0.717, 1.165) is 17.1 Å². The highest BCUT2D eigenvalue weighted by atomic mass is 15.1. The quantitative estimate of drug-likeness (QED) is 0.148. The van der Waals surface area contributed by atoms with E-state index in [1.54, 1.807) is 0 Å². The maximum Gasteiger partial charge on any atom is 0.0467 e. The van der Waals surface area contributed by atoms with Crippen molar-refractivity contribution in [2.45, 2.75) is 19.3 Å². The van der Waals surface area contributed by atoms with E-state index in [0.29, 0.717) is 0 Å². The minimum atomic E-state index is -0.0866. The number of hydrogen-bond donors (Lipinski definition) is 0. The van der Waals surface area contributed by atoms with Gasteiger partial charge in [-0.3, -0.25) is 0 Å². The lowest BCUT2D eigenvalue weighted by molar-refractivity contribution is 0.662. The lowest BCUT2D eigenvalue weighted by Crippen LogP contribution is -2.16. The van der Waals surface area contributed by atoms with E-state index >= 15 is 0 Å². The van der Waals surface area contributed by atoms with E-state index in [4.69, 9.17) is 0 Å². The highest BCUT2D eigenvalue weighted by Gasteiger charge is 2.37. The van der Waals surface area contributed by atoms with Gasteiger partial charge in [-0.05, 0) is 137 Å².